The largest absolute Gasteiger partial charge is 0.381 e. The number of nitrogens with zero attached hydrogens (tertiary/aromatic N) is 2. The standard InChI is InChI=1S/C15H27N3O/c1-2-3-12-19-13-6-9-16-15-17-10-11-18(15)14-7-4-5-8-14/h10-11,14H,2-9,12-13H2,1H3,(H,16,17). The summed E-state index contributed by atoms with van der Waals surface area (Å²) >= 11 is 0. The van der Waals surface area contributed by atoms with E-state index in [1.807, 2.05) is 6.20 Å². The van der Waals surface area contributed by atoms with Crippen LogP contribution in [0.1, 0.15) is 57.9 Å². The lowest BCUT2D eigenvalue weighted by molar-refractivity contribution is 0.131. The van der Waals surface area contributed by atoms with Crippen LogP contribution >= 0.6 is 0 Å². The van der Waals surface area contributed by atoms with Crippen LogP contribution in [0, 0.1) is 0 Å². The molecule has 1 aliphatic rings. The molecular weight excluding hydrogens is 238 g/mol. The van der Waals surface area contributed by atoms with Crippen molar-refractivity contribution in [3.63, 3.8) is 0 Å². The van der Waals surface area contributed by atoms with Gasteiger partial charge in [-0.15, -0.1) is 0 Å². The topological polar surface area (TPSA) is 39.1 Å². The fourth-order valence-electron chi connectivity index (χ4n) is 2.65. The number of imidazole rings is 1. The van der Waals surface area contributed by atoms with E-state index in [2.05, 4.69) is 28.0 Å². The van der Waals surface area contributed by atoms with Gasteiger partial charge in [0.25, 0.3) is 0 Å². The third-order valence-corrected chi connectivity index (χ3v) is 3.78. The number of anilines is 1. The van der Waals surface area contributed by atoms with Gasteiger partial charge in [0.1, 0.15) is 0 Å². The van der Waals surface area contributed by atoms with Crippen molar-refractivity contribution in [2.24, 2.45) is 0 Å². The maximum Gasteiger partial charge on any atom is 0.203 e. The third kappa shape index (κ3) is 4.53. The van der Waals surface area contributed by atoms with E-state index in [1.165, 1.54) is 38.5 Å². The maximum atomic E-state index is 5.56. The number of ether oxygens (including phenoxy) is 1. The van der Waals surface area contributed by atoms with Gasteiger partial charge in [0.15, 0.2) is 0 Å². The highest BCUT2D eigenvalue weighted by Crippen LogP contribution is 2.31. The van der Waals surface area contributed by atoms with Gasteiger partial charge in [-0.2, -0.15) is 0 Å². The summed E-state index contributed by atoms with van der Waals surface area (Å²) in [6.45, 7) is 4.87. The van der Waals surface area contributed by atoms with Crippen molar-refractivity contribution in [1.29, 1.82) is 0 Å². The van der Waals surface area contributed by atoms with Crippen LogP contribution in [0.4, 0.5) is 5.95 Å². The molecule has 0 aliphatic heterocycles. The van der Waals surface area contributed by atoms with Crippen molar-refractivity contribution < 1.29 is 4.74 Å². The summed E-state index contributed by atoms with van der Waals surface area (Å²) < 4.78 is 7.87. The predicted octanol–water partition coefficient (Wildman–Crippen LogP) is 3.62. The molecule has 0 radical (unpaired) electrons. The van der Waals surface area contributed by atoms with Crippen molar-refractivity contribution in [2.75, 3.05) is 25.1 Å². The first-order chi connectivity index (χ1) is 9.42. The normalized spacial score (nSPS) is 16.1. The van der Waals surface area contributed by atoms with Crippen molar-refractivity contribution >= 4 is 5.95 Å². The Bertz CT molecular complexity index is 345. The second-order valence-corrected chi connectivity index (χ2v) is 5.34. The average Bonchev–Trinajstić information content (AvgIpc) is 3.08. The van der Waals surface area contributed by atoms with Gasteiger partial charge in [-0.25, -0.2) is 4.98 Å². The molecule has 0 aromatic carbocycles. The van der Waals surface area contributed by atoms with Crippen LogP contribution in [0.5, 0.6) is 0 Å². The molecule has 1 aliphatic carbocycles. The molecule has 1 N–H and O–H groups in total. The summed E-state index contributed by atoms with van der Waals surface area (Å²) in [4.78, 5) is 4.42. The molecule has 1 saturated carbocycles. The molecule has 2 rings (SSSR count). The summed E-state index contributed by atoms with van der Waals surface area (Å²) in [5, 5.41) is 3.43. The molecule has 4 heteroatoms. The Balaban J connectivity index is 1.64. The zero-order chi connectivity index (χ0) is 13.3. The van der Waals surface area contributed by atoms with Gasteiger partial charge in [0.2, 0.25) is 5.95 Å². The predicted molar refractivity (Wildman–Crippen MR) is 78.6 cm³/mol. The van der Waals surface area contributed by atoms with Gasteiger partial charge in [0.05, 0.1) is 0 Å². The monoisotopic (exact) mass is 265 g/mol. The summed E-state index contributed by atoms with van der Waals surface area (Å²) in [5.41, 5.74) is 0. The SMILES string of the molecule is CCCCOCCCNc1nccn1C1CCCC1. The van der Waals surface area contributed by atoms with Crippen LogP contribution in [0.3, 0.4) is 0 Å². The molecular formula is C15H27N3O. The van der Waals surface area contributed by atoms with Crippen LogP contribution in [0.25, 0.3) is 0 Å². The molecule has 0 bridgehead atoms. The molecule has 0 amide bonds. The summed E-state index contributed by atoms with van der Waals surface area (Å²) in [6.07, 6.45) is 12.7. The Morgan fingerprint density at radius 1 is 1.32 bits per heavy atom. The van der Waals surface area contributed by atoms with Crippen LogP contribution in [0.15, 0.2) is 12.4 Å². The molecule has 1 fully saturated rings. The van der Waals surface area contributed by atoms with Gasteiger partial charge in [0, 0.05) is 38.2 Å². The molecule has 19 heavy (non-hydrogen) atoms. The Morgan fingerprint density at radius 3 is 2.89 bits per heavy atom. The van der Waals surface area contributed by atoms with E-state index in [0.717, 1.165) is 32.1 Å². The highest BCUT2D eigenvalue weighted by molar-refractivity contribution is 5.26. The molecule has 0 spiro atoms. The third-order valence-electron chi connectivity index (χ3n) is 3.78. The highest BCUT2D eigenvalue weighted by Gasteiger charge is 2.18. The van der Waals surface area contributed by atoms with Crippen molar-refractivity contribution in [1.82, 2.24) is 9.55 Å². The number of unbranched alkanes of at least 4 members (excludes halogenated alkanes) is 1. The van der Waals surface area contributed by atoms with E-state index in [1.54, 1.807) is 0 Å². The van der Waals surface area contributed by atoms with E-state index in [4.69, 9.17) is 4.74 Å². The van der Waals surface area contributed by atoms with Crippen LogP contribution < -0.4 is 5.32 Å². The van der Waals surface area contributed by atoms with E-state index in [-0.39, 0.29) is 0 Å². The highest BCUT2D eigenvalue weighted by atomic mass is 16.5. The van der Waals surface area contributed by atoms with Crippen molar-refractivity contribution in [3.05, 3.63) is 12.4 Å². The zero-order valence-electron chi connectivity index (χ0n) is 12.1. The first-order valence-electron chi connectivity index (χ1n) is 7.76. The minimum Gasteiger partial charge on any atom is -0.381 e. The van der Waals surface area contributed by atoms with Gasteiger partial charge in [-0.1, -0.05) is 26.2 Å². The lowest BCUT2D eigenvalue weighted by Gasteiger charge is -2.15. The van der Waals surface area contributed by atoms with Gasteiger partial charge in [-0.05, 0) is 25.7 Å². The lowest BCUT2D eigenvalue weighted by Crippen LogP contribution is -2.13. The summed E-state index contributed by atoms with van der Waals surface area (Å²) in [6, 6.07) is 0.658. The second-order valence-electron chi connectivity index (χ2n) is 5.34. The van der Waals surface area contributed by atoms with Crippen LogP contribution in [-0.2, 0) is 4.74 Å². The summed E-state index contributed by atoms with van der Waals surface area (Å²) in [5.74, 6) is 1.03. The number of hydrogen-bond donors (Lipinski definition) is 1. The fraction of sp³-hybridized carbons (Fsp3) is 0.800. The molecule has 0 saturated heterocycles. The average molecular weight is 265 g/mol. The number of aromatic nitrogens is 2. The second kappa shape index (κ2) is 8.20. The quantitative estimate of drug-likeness (QED) is 0.693. The zero-order valence-corrected chi connectivity index (χ0v) is 12.1. The first kappa shape index (κ1) is 14.4. The Hall–Kier alpha value is -1.03. The minimum absolute atomic E-state index is 0.658. The first-order valence-corrected chi connectivity index (χ1v) is 7.76. The van der Waals surface area contributed by atoms with E-state index in [9.17, 15) is 0 Å². The Kier molecular flexibility index (Phi) is 6.21. The molecule has 1 aromatic rings. The molecule has 4 nitrogen and oxygen atoms in total. The molecule has 0 atom stereocenters. The smallest absolute Gasteiger partial charge is 0.203 e. The number of rotatable bonds is 9. The van der Waals surface area contributed by atoms with Gasteiger partial charge in [-0.3, -0.25) is 0 Å². The fourth-order valence-corrected chi connectivity index (χ4v) is 2.65. The molecule has 0 unspecified atom stereocenters. The van der Waals surface area contributed by atoms with E-state index in [0.29, 0.717) is 6.04 Å². The number of hydrogen-bond acceptors (Lipinski definition) is 3. The molecule has 108 valence electrons. The van der Waals surface area contributed by atoms with E-state index >= 15 is 0 Å². The summed E-state index contributed by atoms with van der Waals surface area (Å²) in [7, 11) is 0. The van der Waals surface area contributed by atoms with Crippen molar-refractivity contribution in [2.45, 2.75) is 57.9 Å². The Labute approximate surface area is 116 Å². The van der Waals surface area contributed by atoms with E-state index < -0.39 is 0 Å². The van der Waals surface area contributed by atoms with Gasteiger partial charge < -0.3 is 14.6 Å². The van der Waals surface area contributed by atoms with Gasteiger partial charge >= 0.3 is 0 Å². The number of nitrogens with one attached hydrogen (secondary N) is 1. The Morgan fingerprint density at radius 2 is 2.11 bits per heavy atom. The van der Waals surface area contributed by atoms with Crippen molar-refractivity contribution in [3.8, 4) is 0 Å². The van der Waals surface area contributed by atoms with Crippen LogP contribution in [-0.4, -0.2) is 29.3 Å². The minimum atomic E-state index is 0.658. The molecule has 1 heterocycles. The lowest BCUT2D eigenvalue weighted by atomic mass is 10.2. The maximum absolute atomic E-state index is 5.56. The molecule has 1 aromatic heterocycles. The van der Waals surface area contributed by atoms with Crippen LogP contribution in [0.2, 0.25) is 0 Å².